The van der Waals surface area contributed by atoms with Crippen molar-refractivity contribution in [3.8, 4) is 0 Å². The van der Waals surface area contributed by atoms with E-state index < -0.39 is 141 Å². The average Bonchev–Trinajstić information content (AvgIpc) is 2.86. The third-order valence-electron chi connectivity index (χ3n) is 4.10. The molecule has 0 bridgehead atoms. The van der Waals surface area contributed by atoms with Crippen molar-refractivity contribution in [2.75, 3.05) is 0 Å². The highest BCUT2D eigenvalue weighted by Crippen LogP contribution is 2.08. The molecule has 0 aromatic rings. The first-order chi connectivity index (χ1) is 18.2. The zero-order valence-corrected chi connectivity index (χ0v) is 41.0. The van der Waals surface area contributed by atoms with Crippen LogP contribution in [0.15, 0.2) is 0 Å². The molecule has 0 saturated carbocycles. The molecule has 0 aliphatic heterocycles. The first-order valence-corrected chi connectivity index (χ1v) is 51.3. The van der Waals surface area contributed by atoms with E-state index in [4.69, 9.17) is 20.6 Å². The summed E-state index contributed by atoms with van der Waals surface area (Å²) in [5.41, 5.74) is 0. The molecule has 0 aliphatic rings. The van der Waals surface area contributed by atoms with E-state index in [-0.39, 0.29) is 0 Å². The van der Waals surface area contributed by atoms with Gasteiger partial charge >= 0.3 is 94.2 Å². The Balaban J connectivity index is 5.18. The molecule has 1 atom stereocenters. The molecule has 0 rings (SSSR count). The van der Waals surface area contributed by atoms with Crippen molar-refractivity contribution in [3.63, 3.8) is 0 Å². The van der Waals surface area contributed by atoms with Gasteiger partial charge in [-0.2, -0.15) is 0 Å². The first kappa shape index (κ1) is 41.1. The molecule has 0 spiro atoms. The molecule has 0 radical (unpaired) electrons. The molecule has 0 fully saturated rings. The van der Waals surface area contributed by atoms with Gasteiger partial charge in [0.2, 0.25) is 9.28 Å². The predicted molar refractivity (Wildman–Crippen MR) is 162 cm³/mol. The Hall–Kier alpha value is 1.13. The van der Waals surface area contributed by atoms with Crippen molar-refractivity contribution < 1.29 is 69.7 Å². The molecular formula is C7H28O16Si17. The molecule has 0 aliphatic carbocycles. The predicted octanol–water partition coefficient (Wildman–Crippen LogP) is -5.91. The molecule has 220 valence electrons. The van der Waals surface area contributed by atoms with E-state index in [0.717, 1.165) is 0 Å². The lowest BCUT2D eigenvalue weighted by molar-refractivity contribution is 0.384. The van der Waals surface area contributed by atoms with E-state index in [1.54, 1.807) is 6.55 Å². The molecule has 0 aromatic heterocycles. The van der Waals surface area contributed by atoms with Gasteiger partial charge in [0, 0.05) is 0 Å². The van der Waals surface area contributed by atoms with E-state index in [2.05, 4.69) is 0 Å². The Labute approximate surface area is 254 Å². The van der Waals surface area contributed by atoms with Gasteiger partial charge in [0.15, 0.2) is 18.1 Å². The summed E-state index contributed by atoms with van der Waals surface area (Å²) in [6.07, 6.45) is 0. The summed E-state index contributed by atoms with van der Waals surface area (Å²) in [7, 11) is -52.5. The lowest BCUT2D eigenvalue weighted by Gasteiger charge is -2.24. The van der Waals surface area contributed by atoms with Gasteiger partial charge in [-0.1, -0.05) is 0 Å². The zero-order chi connectivity index (χ0) is 31.5. The summed E-state index contributed by atoms with van der Waals surface area (Å²) < 4.78 is 164. The van der Waals surface area contributed by atoms with E-state index in [1.807, 2.05) is 26.2 Å². The average molecular weight is 846 g/mol. The van der Waals surface area contributed by atoms with Gasteiger partial charge in [-0.05, 0) is 45.8 Å². The van der Waals surface area contributed by atoms with Crippen LogP contribution in [-0.2, 0) is 69.7 Å². The van der Waals surface area contributed by atoms with Gasteiger partial charge in [0.05, 0.1) is 0 Å². The van der Waals surface area contributed by atoms with Crippen LogP contribution in [0.2, 0.25) is 45.8 Å². The second kappa shape index (κ2) is 19.5. The monoisotopic (exact) mass is 844 g/mol. The molecule has 0 saturated heterocycles. The molecule has 0 aromatic carbocycles. The van der Waals surface area contributed by atoms with Crippen LogP contribution in [0.1, 0.15) is 0 Å². The van der Waals surface area contributed by atoms with Crippen LogP contribution < -0.4 is 0 Å². The summed E-state index contributed by atoms with van der Waals surface area (Å²) in [4.78, 5) is 0. The lowest BCUT2D eigenvalue weighted by atomic mass is 11.9. The van der Waals surface area contributed by atoms with E-state index in [9.17, 15) is 49.1 Å². The Morgan fingerprint density at radius 3 is 1.32 bits per heavy atom. The van der Waals surface area contributed by atoms with Crippen molar-refractivity contribution in [2.45, 2.75) is 45.8 Å². The summed E-state index contributed by atoms with van der Waals surface area (Å²) in [5.74, 6) is 0. The van der Waals surface area contributed by atoms with Gasteiger partial charge in [-0.3, -0.25) is 0 Å². The van der Waals surface area contributed by atoms with Gasteiger partial charge < -0.3 is 69.7 Å². The molecule has 1 unspecified atom stereocenters. The number of hydrogen-bond acceptors (Lipinski definition) is 16. The van der Waals surface area contributed by atoms with Crippen LogP contribution in [0.25, 0.3) is 0 Å². The zero-order valence-electron chi connectivity index (χ0n) is 22.7. The Morgan fingerprint density at radius 1 is 0.525 bits per heavy atom. The van der Waals surface area contributed by atoms with E-state index >= 15 is 0 Å². The smallest absolute Gasteiger partial charge is 0.533 e. The van der Waals surface area contributed by atoms with Crippen molar-refractivity contribution in [3.05, 3.63) is 0 Å². The maximum Gasteiger partial charge on any atom is 0.533 e. The molecule has 33 heteroatoms. The van der Waals surface area contributed by atoms with Crippen molar-refractivity contribution in [2.24, 2.45) is 0 Å². The minimum atomic E-state index is -4.00. The van der Waals surface area contributed by atoms with Gasteiger partial charge in [0.1, 0.15) is 0 Å². The standard InChI is InChI=1S/C7H28O16Si17/c1-26(2)19-24-20-28(5)21-25-30(9)32(11)34(13)36(15)38(17)39(18)37(16)35(14)33(12)31(10)29(8)23-40(6,7)22-27(3)4/h26-28H,24-25H2,1-7H3. The number of hydrogen-bond donors (Lipinski definition) is 0. The van der Waals surface area contributed by atoms with Crippen LogP contribution in [0.3, 0.4) is 0 Å². The van der Waals surface area contributed by atoms with Gasteiger partial charge in [0.25, 0.3) is 19.3 Å². The Bertz CT molecular complexity index is 1140. The highest BCUT2D eigenvalue weighted by molar-refractivity contribution is 7.78. The molecule has 0 N–H and O–H groups in total. The maximum atomic E-state index is 12.5. The third kappa shape index (κ3) is 14.7. The van der Waals surface area contributed by atoms with Crippen LogP contribution in [0.5, 0.6) is 0 Å². The van der Waals surface area contributed by atoms with Crippen molar-refractivity contribution in [1.29, 1.82) is 0 Å². The SMILES string of the molecule is C[SiH](C)O[SiH2]O[SiH](C)O[SiH2][Si](=O)[Si](=O)[Si](=O)[Si](=O)[Si](=O)[Si](=O)[Si](=O)[Si](=O)[Si](=O)[Si](=O)[Si](=O)O[Si](C)(C)O[SiH](C)C. The molecule has 0 heterocycles. The second-order valence-electron chi connectivity index (χ2n) is 8.72. The van der Waals surface area contributed by atoms with E-state index in [0.29, 0.717) is 0 Å². The van der Waals surface area contributed by atoms with Crippen LogP contribution >= 0.6 is 0 Å². The summed E-state index contributed by atoms with van der Waals surface area (Å²) in [6, 6.07) is 0. The van der Waals surface area contributed by atoms with Gasteiger partial charge in [-0.15, -0.1) is 0 Å². The molecule has 40 heavy (non-hydrogen) atoms. The largest absolute Gasteiger partial charge is 0.558 e. The minimum Gasteiger partial charge on any atom is -0.558 e. The van der Waals surface area contributed by atoms with Crippen molar-refractivity contribution >= 4 is 141 Å². The molecule has 16 nitrogen and oxygen atoms in total. The molecule has 0 amide bonds. The lowest BCUT2D eigenvalue weighted by Crippen LogP contribution is -2.55. The quantitative estimate of drug-likeness (QED) is 0.0979. The topological polar surface area (TPSA) is 234 Å². The number of rotatable bonds is 21. The van der Waals surface area contributed by atoms with Crippen LogP contribution in [-0.4, -0.2) is 141 Å². The highest BCUT2D eigenvalue weighted by Gasteiger charge is 2.53. The van der Waals surface area contributed by atoms with Crippen LogP contribution in [0.4, 0.5) is 0 Å². The summed E-state index contributed by atoms with van der Waals surface area (Å²) >= 11 is 0. The Morgan fingerprint density at radius 2 is 0.925 bits per heavy atom. The fourth-order valence-electron chi connectivity index (χ4n) is 2.38. The molecular weight excluding hydrogens is 818 g/mol. The second-order valence-corrected chi connectivity index (χ2v) is 76.3. The summed E-state index contributed by atoms with van der Waals surface area (Å²) in [5, 5.41) is 0. The Kier molecular flexibility index (Phi) is 20.0. The van der Waals surface area contributed by atoms with E-state index in [1.165, 1.54) is 13.1 Å². The third-order valence-corrected chi connectivity index (χ3v) is 102. The minimum absolute atomic E-state index is 1.26. The van der Waals surface area contributed by atoms with Gasteiger partial charge in [-0.25, -0.2) is 0 Å². The van der Waals surface area contributed by atoms with Crippen molar-refractivity contribution in [1.82, 2.24) is 0 Å². The first-order valence-electron chi connectivity index (χ1n) is 11.4. The maximum absolute atomic E-state index is 12.5. The highest BCUT2D eigenvalue weighted by atomic mass is 30.1. The fraction of sp³-hybridized carbons (Fsp3) is 1.00. The summed E-state index contributed by atoms with van der Waals surface area (Å²) in [6.45, 7) is 12.2. The van der Waals surface area contributed by atoms with Crippen LogP contribution in [0, 0.1) is 0 Å². The normalized spacial score (nSPS) is 12.5. The fourth-order valence-corrected chi connectivity index (χ4v) is 136.